The van der Waals surface area contributed by atoms with Gasteiger partial charge in [-0.05, 0) is 82.0 Å². The summed E-state index contributed by atoms with van der Waals surface area (Å²) in [6, 6.07) is 6.50. The number of ether oxygens (including phenoxy) is 1. The summed E-state index contributed by atoms with van der Waals surface area (Å²) in [5.74, 6) is -2.01. The molecule has 1 heterocycles. The minimum atomic E-state index is -2.74. The molecule has 1 aromatic carbocycles. The maximum absolute atomic E-state index is 14.6. The first-order valence-corrected chi connectivity index (χ1v) is 18.9. The molecule has 4 rings (SSSR count). The highest BCUT2D eigenvalue weighted by atomic mass is 32.2. The van der Waals surface area contributed by atoms with Crippen LogP contribution in [0.25, 0.3) is 11.0 Å². The van der Waals surface area contributed by atoms with E-state index in [1.54, 1.807) is 0 Å². The molecule has 10 heteroatoms. The molecule has 1 aromatic heterocycles. The Morgan fingerprint density at radius 3 is 2.55 bits per heavy atom. The molecular weight excluding hydrogens is 522 g/mol. The summed E-state index contributed by atoms with van der Waals surface area (Å²) in [4.78, 5) is 4.97. The Bertz CT molecular complexity index is 1100. The molecule has 3 N–H and O–H groups in total. The van der Waals surface area contributed by atoms with Crippen LogP contribution in [0.3, 0.4) is 0 Å². The average Bonchev–Trinajstić information content (AvgIpc) is 3.59. The Morgan fingerprint density at radius 1 is 1.24 bits per heavy atom. The zero-order valence-corrected chi connectivity index (χ0v) is 25.7. The zero-order chi connectivity index (χ0) is 27.9. The number of benzene rings is 1. The van der Waals surface area contributed by atoms with E-state index in [-0.39, 0.29) is 25.6 Å². The van der Waals surface area contributed by atoms with Crippen LogP contribution in [0.4, 0.5) is 8.78 Å². The number of hydrogen-bond donors (Lipinski definition) is 2. The summed E-state index contributed by atoms with van der Waals surface area (Å²) in [6.07, 6.45) is 3.01. The average molecular weight is 569 g/mol. The predicted molar refractivity (Wildman–Crippen MR) is 154 cm³/mol. The molecule has 0 bridgehead atoms. The normalized spacial score (nSPS) is 22.9. The minimum absolute atomic E-state index is 0.0293. The Labute approximate surface area is 230 Å². The quantitative estimate of drug-likeness (QED) is 0.179. The Hall–Kier alpha value is -1.04. The van der Waals surface area contributed by atoms with Crippen LogP contribution in [0.15, 0.2) is 18.2 Å². The van der Waals surface area contributed by atoms with E-state index >= 15 is 0 Å². The molecular formula is C28H46F2N4O2SSi. The van der Waals surface area contributed by atoms with E-state index in [0.29, 0.717) is 31.2 Å². The van der Waals surface area contributed by atoms with Crippen LogP contribution in [0, 0.1) is 11.8 Å². The molecule has 0 aliphatic heterocycles. The van der Waals surface area contributed by atoms with Gasteiger partial charge in [0.05, 0.1) is 11.0 Å². The third-order valence-electron chi connectivity index (χ3n) is 7.75. The zero-order valence-electron chi connectivity index (χ0n) is 23.9. The van der Waals surface area contributed by atoms with Crippen molar-refractivity contribution in [1.29, 1.82) is 0 Å². The van der Waals surface area contributed by atoms with Crippen molar-refractivity contribution in [3.05, 3.63) is 29.6 Å². The SMILES string of the molecule is CC(C)(C)[S@@+]([O-])NC(c1nc2ccc(C(N)C3CC3)cc2n1COCC[Si](C)(C)C)[C@H]1CCCC(F)(F)C1. The predicted octanol–water partition coefficient (Wildman–Crippen LogP) is 6.68. The fourth-order valence-corrected chi connectivity index (χ4v) is 6.79. The van der Waals surface area contributed by atoms with Crippen LogP contribution in [0.1, 0.15) is 82.8 Å². The summed E-state index contributed by atoms with van der Waals surface area (Å²) in [6.45, 7) is 13.5. The van der Waals surface area contributed by atoms with Gasteiger partial charge in [-0.2, -0.15) is 0 Å². The van der Waals surface area contributed by atoms with Crippen molar-refractivity contribution in [2.45, 2.75) is 114 Å². The van der Waals surface area contributed by atoms with Crippen molar-refractivity contribution in [1.82, 2.24) is 14.3 Å². The molecule has 6 nitrogen and oxygen atoms in total. The second kappa shape index (κ2) is 11.4. The summed E-state index contributed by atoms with van der Waals surface area (Å²) in [5.41, 5.74) is 9.26. The third kappa shape index (κ3) is 7.57. The summed E-state index contributed by atoms with van der Waals surface area (Å²) >= 11 is -1.46. The summed E-state index contributed by atoms with van der Waals surface area (Å²) in [5, 5.41) is 0. The number of halogens is 2. The van der Waals surface area contributed by atoms with E-state index in [1.807, 2.05) is 37.5 Å². The van der Waals surface area contributed by atoms with Crippen LogP contribution in [-0.2, 0) is 22.8 Å². The van der Waals surface area contributed by atoms with Gasteiger partial charge in [-0.25, -0.2) is 13.8 Å². The fraction of sp³-hybridized carbons (Fsp3) is 0.750. The van der Waals surface area contributed by atoms with E-state index in [0.717, 1.165) is 35.5 Å². The molecule has 2 unspecified atom stereocenters. The lowest BCUT2D eigenvalue weighted by atomic mass is 9.81. The molecule has 214 valence electrons. The highest BCUT2D eigenvalue weighted by Crippen LogP contribution is 2.44. The number of aromatic nitrogens is 2. The monoisotopic (exact) mass is 568 g/mol. The number of nitrogens with two attached hydrogens (primary N) is 1. The second-order valence-corrected chi connectivity index (χ2v) is 21.2. The first-order valence-electron chi connectivity index (χ1n) is 14.0. The van der Waals surface area contributed by atoms with Crippen molar-refractivity contribution < 1.29 is 18.1 Å². The van der Waals surface area contributed by atoms with Crippen LogP contribution in [0.2, 0.25) is 25.7 Å². The van der Waals surface area contributed by atoms with Gasteiger partial charge in [-0.3, -0.25) is 0 Å². The number of alkyl halides is 2. The molecule has 0 saturated heterocycles. The van der Waals surface area contributed by atoms with Gasteiger partial charge >= 0.3 is 0 Å². The molecule has 2 aliphatic carbocycles. The number of nitrogens with zero attached hydrogens (tertiary/aromatic N) is 2. The molecule has 0 amide bonds. The summed E-state index contributed by atoms with van der Waals surface area (Å²) in [7, 11) is -1.29. The Kier molecular flexibility index (Phi) is 9.01. The number of hydrogen-bond acceptors (Lipinski definition) is 5. The Balaban J connectivity index is 1.75. The van der Waals surface area contributed by atoms with E-state index in [1.165, 1.54) is 0 Å². The largest absolute Gasteiger partial charge is 0.598 e. The Morgan fingerprint density at radius 2 is 1.95 bits per heavy atom. The maximum Gasteiger partial charge on any atom is 0.248 e. The van der Waals surface area contributed by atoms with Gasteiger partial charge in [0, 0.05) is 44.9 Å². The molecule has 38 heavy (non-hydrogen) atoms. The molecule has 0 spiro atoms. The molecule has 2 aromatic rings. The number of fused-ring (bicyclic) bond motifs is 1. The number of rotatable bonds is 11. The first-order chi connectivity index (χ1) is 17.6. The van der Waals surface area contributed by atoms with Crippen LogP contribution in [-0.4, -0.2) is 39.5 Å². The smallest absolute Gasteiger partial charge is 0.248 e. The molecule has 0 radical (unpaired) electrons. The van der Waals surface area contributed by atoms with Crippen LogP contribution < -0.4 is 10.5 Å². The van der Waals surface area contributed by atoms with E-state index in [2.05, 4.69) is 30.4 Å². The highest BCUT2D eigenvalue weighted by Gasteiger charge is 2.44. The van der Waals surface area contributed by atoms with Gasteiger partial charge in [-0.15, -0.1) is 4.72 Å². The van der Waals surface area contributed by atoms with Crippen molar-refractivity contribution in [3.63, 3.8) is 0 Å². The first kappa shape index (κ1) is 29.9. The van der Waals surface area contributed by atoms with Gasteiger partial charge in [0.1, 0.15) is 23.3 Å². The number of imidazole rings is 1. The van der Waals surface area contributed by atoms with Crippen molar-refractivity contribution in [2.75, 3.05) is 6.61 Å². The lowest BCUT2D eigenvalue weighted by Crippen LogP contribution is -2.45. The molecule has 2 saturated carbocycles. The lowest BCUT2D eigenvalue weighted by molar-refractivity contribution is -0.0580. The van der Waals surface area contributed by atoms with Crippen LogP contribution >= 0.6 is 0 Å². The maximum atomic E-state index is 14.6. The summed E-state index contributed by atoms with van der Waals surface area (Å²) < 4.78 is 53.4. The van der Waals surface area contributed by atoms with E-state index in [9.17, 15) is 13.3 Å². The van der Waals surface area contributed by atoms with Gasteiger partial charge < -0.3 is 19.6 Å². The lowest BCUT2D eigenvalue weighted by Gasteiger charge is -2.36. The minimum Gasteiger partial charge on any atom is -0.598 e. The fourth-order valence-electron chi connectivity index (χ4n) is 5.15. The topological polar surface area (TPSA) is 88.2 Å². The van der Waals surface area contributed by atoms with E-state index < -0.39 is 42.1 Å². The third-order valence-corrected chi connectivity index (χ3v) is 11.0. The van der Waals surface area contributed by atoms with Crippen molar-refractivity contribution >= 4 is 30.5 Å². The van der Waals surface area contributed by atoms with Gasteiger partial charge in [0.25, 0.3) is 0 Å². The van der Waals surface area contributed by atoms with Crippen LogP contribution in [0.5, 0.6) is 0 Å². The van der Waals surface area contributed by atoms with Gasteiger partial charge in [0.15, 0.2) is 0 Å². The molecule has 4 atom stereocenters. The van der Waals surface area contributed by atoms with Gasteiger partial charge in [-0.1, -0.05) is 25.7 Å². The number of nitrogens with one attached hydrogen (secondary N) is 1. The van der Waals surface area contributed by atoms with E-state index in [4.69, 9.17) is 15.5 Å². The van der Waals surface area contributed by atoms with Gasteiger partial charge in [0.2, 0.25) is 5.92 Å². The standard InChI is InChI=1S/C28H46F2N4O2SSi/c1-27(2,3)37(35)33-25(21-8-7-13-28(29,30)17-21)26-32-22-12-11-20(24(31)19-9-10-19)16-23(22)34(26)18-36-14-15-38(4,5)6/h11-12,16,19,21,24-25,33H,7-10,13-15,17-18,31H2,1-6H3/t21-,24?,25?,37+/m0/s1. The van der Waals surface area contributed by atoms with Crippen molar-refractivity contribution in [2.24, 2.45) is 17.6 Å². The molecule has 2 aliphatic rings. The highest BCUT2D eigenvalue weighted by molar-refractivity contribution is 7.90. The molecule has 2 fully saturated rings. The second-order valence-electron chi connectivity index (χ2n) is 13.5. The van der Waals surface area contributed by atoms with Crippen molar-refractivity contribution in [3.8, 4) is 0 Å².